The van der Waals surface area contributed by atoms with Gasteiger partial charge in [0, 0.05) is 11.8 Å². The third kappa shape index (κ3) is 1.65. The van der Waals surface area contributed by atoms with Gasteiger partial charge >= 0.3 is 0 Å². The first kappa shape index (κ1) is 6.39. The summed E-state index contributed by atoms with van der Waals surface area (Å²) in [5, 5.41) is 3.21. The zero-order chi connectivity index (χ0) is 5.82. The molecule has 1 saturated heterocycles. The molecule has 1 fully saturated rings. The molecule has 0 aliphatic carbocycles. The van der Waals surface area contributed by atoms with Crippen LogP contribution in [0.2, 0.25) is 0 Å². The molecule has 2 nitrogen and oxygen atoms in total. The van der Waals surface area contributed by atoms with Crippen molar-refractivity contribution in [3.8, 4) is 0 Å². The summed E-state index contributed by atoms with van der Waals surface area (Å²) in [7, 11) is 0. The molecule has 0 radical (unpaired) electrons. The number of rotatable bonds is 2. The van der Waals surface area contributed by atoms with E-state index in [1.807, 2.05) is 11.8 Å². The minimum atomic E-state index is 0.602. The van der Waals surface area contributed by atoms with Gasteiger partial charge in [0.2, 0.25) is 0 Å². The summed E-state index contributed by atoms with van der Waals surface area (Å²) >= 11 is 1.86. The summed E-state index contributed by atoms with van der Waals surface area (Å²) in [6.07, 6.45) is 2.11. The van der Waals surface area contributed by atoms with Crippen molar-refractivity contribution in [2.45, 2.75) is 6.04 Å². The van der Waals surface area contributed by atoms with E-state index < -0.39 is 0 Å². The Hall–Kier alpha value is 0.270. The maximum atomic E-state index is 5.09. The first-order valence-electron chi connectivity index (χ1n) is 2.73. The van der Waals surface area contributed by atoms with Crippen molar-refractivity contribution in [2.24, 2.45) is 0 Å². The van der Waals surface area contributed by atoms with E-state index in [1.165, 1.54) is 5.75 Å². The Morgan fingerprint density at radius 2 is 2.75 bits per heavy atom. The predicted octanol–water partition coefficient (Wildman–Crippen LogP) is 0.295. The molecule has 1 rings (SSSR count). The van der Waals surface area contributed by atoms with Crippen LogP contribution in [0.25, 0.3) is 0 Å². The monoisotopic (exact) mass is 133 g/mol. The number of nitrogens with one attached hydrogen (secondary N) is 1. The molecule has 1 aliphatic heterocycles. The second-order valence-electron chi connectivity index (χ2n) is 1.87. The van der Waals surface area contributed by atoms with Crippen LogP contribution in [0.15, 0.2) is 0 Å². The lowest BCUT2D eigenvalue weighted by Gasteiger charge is -2.02. The largest absolute Gasteiger partial charge is 0.365 e. The van der Waals surface area contributed by atoms with E-state index in [0.717, 1.165) is 13.3 Å². The molecule has 0 aromatic rings. The van der Waals surface area contributed by atoms with Gasteiger partial charge in [-0.2, -0.15) is 11.8 Å². The van der Waals surface area contributed by atoms with E-state index in [0.29, 0.717) is 6.04 Å². The van der Waals surface area contributed by atoms with Crippen LogP contribution in [0.5, 0.6) is 0 Å². The smallest absolute Gasteiger partial charge is 0.0969 e. The molecule has 0 unspecified atom stereocenters. The van der Waals surface area contributed by atoms with Crippen molar-refractivity contribution in [2.75, 3.05) is 25.3 Å². The molecule has 0 spiro atoms. The normalized spacial score (nSPS) is 28.9. The molecule has 1 N–H and O–H groups in total. The third-order valence-electron chi connectivity index (χ3n) is 1.16. The fourth-order valence-corrected chi connectivity index (χ4v) is 1.36. The zero-order valence-corrected chi connectivity index (χ0v) is 5.83. The van der Waals surface area contributed by atoms with Crippen LogP contribution >= 0.6 is 11.8 Å². The van der Waals surface area contributed by atoms with Gasteiger partial charge in [-0.25, -0.2) is 0 Å². The van der Waals surface area contributed by atoms with Crippen LogP contribution in [0.3, 0.4) is 0 Å². The van der Waals surface area contributed by atoms with Gasteiger partial charge in [-0.05, 0) is 6.26 Å². The molecule has 0 bridgehead atoms. The molecular formula is C5H11NOS. The first-order valence-corrected chi connectivity index (χ1v) is 4.13. The van der Waals surface area contributed by atoms with E-state index in [4.69, 9.17) is 4.74 Å². The lowest BCUT2D eigenvalue weighted by molar-refractivity contribution is 0.191. The highest BCUT2D eigenvalue weighted by molar-refractivity contribution is 7.98. The molecule has 8 heavy (non-hydrogen) atoms. The molecular weight excluding hydrogens is 122 g/mol. The Morgan fingerprint density at radius 3 is 3.25 bits per heavy atom. The summed E-state index contributed by atoms with van der Waals surface area (Å²) < 4.78 is 5.09. The second-order valence-corrected chi connectivity index (χ2v) is 2.78. The van der Waals surface area contributed by atoms with Gasteiger partial charge in [0.15, 0.2) is 0 Å². The van der Waals surface area contributed by atoms with Crippen LogP contribution in [0, 0.1) is 0 Å². The van der Waals surface area contributed by atoms with E-state index in [1.54, 1.807) is 0 Å². The van der Waals surface area contributed by atoms with Crippen molar-refractivity contribution >= 4 is 11.8 Å². The predicted molar refractivity (Wildman–Crippen MR) is 36.1 cm³/mol. The molecule has 1 atom stereocenters. The van der Waals surface area contributed by atoms with Gasteiger partial charge in [0.05, 0.1) is 13.3 Å². The van der Waals surface area contributed by atoms with E-state index >= 15 is 0 Å². The van der Waals surface area contributed by atoms with Gasteiger partial charge in [-0.3, -0.25) is 5.32 Å². The Balaban J connectivity index is 2.06. The van der Waals surface area contributed by atoms with Crippen molar-refractivity contribution in [1.29, 1.82) is 0 Å². The summed E-state index contributed by atoms with van der Waals surface area (Å²) in [6.45, 7) is 1.63. The van der Waals surface area contributed by atoms with Gasteiger partial charge < -0.3 is 4.74 Å². The van der Waals surface area contributed by atoms with Crippen LogP contribution < -0.4 is 5.32 Å². The van der Waals surface area contributed by atoms with Crippen LogP contribution in [0.1, 0.15) is 0 Å². The minimum absolute atomic E-state index is 0.602. The lowest BCUT2D eigenvalue weighted by Crippen LogP contribution is -2.25. The maximum absolute atomic E-state index is 5.09. The van der Waals surface area contributed by atoms with Crippen molar-refractivity contribution in [3.63, 3.8) is 0 Å². The fourth-order valence-electron chi connectivity index (χ4n) is 0.745. The SMILES string of the molecule is CSC[C@H]1COCN1. The van der Waals surface area contributed by atoms with Crippen LogP contribution in [0.4, 0.5) is 0 Å². The zero-order valence-electron chi connectivity index (χ0n) is 5.02. The first-order chi connectivity index (χ1) is 3.93. The Bertz CT molecular complexity index is 63.4. The average Bonchev–Trinajstić information content (AvgIpc) is 2.19. The second kappa shape index (κ2) is 3.33. The number of thioether (sulfide) groups is 1. The third-order valence-corrected chi connectivity index (χ3v) is 1.90. The lowest BCUT2D eigenvalue weighted by atomic mass is 10.4. The topological polar surface area (TPSA) is 21.3 Å². The Labute approximate surface area is 54.0 Å². The molecule has 0 aromatic heterocycles. The Morgan fingerprint density at radius 1 is 1.88 bits per heavy atom. The van der Waals surface area contributed by atoms with Crippen molar-refractivity contribution < 1.29 is 4.74 Å². The highest BCUT2D eigenvalue weighted by atomic mass is 32.2. The maximum Gasteiger partial charge on any atom is 0.0969 e. The fraction of sp³-hybridized carbons (Fsp3) is 1.00. The summed E-state index contributed by atoms with van der Waals surface area (Å²) in [4.78, 5) is 0. The van der Waals surface area contributed by atoms with Gasteiger partial charge in [-0.15, -0.1) is 0 Å². The molecule has 0 saturated carbocycles. The van der Waals surface area contributed by atoms with Crippen molar-refractivity contribution in [3.05, 3.63) is 0 Å². The van der Waals surface area contributed by atoms with Gasteiger partial charge in [-0.1, -0.05) is 0 Å². The summed E-state index contributed by atoms with van der Waals surface area (Å²) in [5.74, 6) is 1.17. The molecule has 48 valence electrons. The quantitative estimate of drug-likeness (QED) is 0.585. The van der Waals surface area contributed by atoms with Gasteiger partial charge in [0.1, 0.15) is 0 Å². The average molecular weight is 133 g/mol. The molecule has 1 aliphatic rings. The van der Waals surface area contributed by atoms with Crippen LogP contribution in [-0.2, 0) is 4.74 Å². The summed E-state index contributed by atoms with van der Waals surface area (Å²) in [5.41, 5.74) is 0. The van der Waals surface area contributed by atoms with E-state index in [-0.39, 0.29) is 0 Å². The van der Waals surface area contributed by atoms with Gasteiger partial charge in [0.25, 0.3) is 0 Å². The summed E-state index contributed by atoms with van der Waals surface area (Å²) in [6, 6.07) is 0.602. The Kier molecular flexibility index (Phi) is 2.66. The van der Waals surface area contributed by atoms with Crippen LogP contribution in [-0.4, -0.2) is 31.4 Å². The standard InChI is InChI=1S/C5H11NOS/c1-8-3-5-2-7-4-6-5/h5-6H,2-4H2,1H3/t5-/m1/s1. The molecule has 3 heteroatoms. The molecule has 0 aromatic carbocycles. The van der Waals surface area contributed by atoms with E-state index in [2.05, 4.69) is 11.6 Å². The molecule has 1 heterocycles. The number of ether oxygens (including phenoxy) is 1. The highest BCUT2D eigenvalue weighted by Gasteiger charge is 2.12. The number of hydrogen-bond acceptors (Lipinski definition) is 3. The highest BCUT2D eigenvalue weighted by Crippen LogP contribution is 2.01. The molecule has 0 amide bonds. The van der Waals surface area contributed by atoms with Crippen molar-refractivity contribution in [1.82, 2.24) is 5.32 Å². The van der Waals surface area contributed by atoms with E-state index in [9.17, 15) is 0 Å². The number of hydrogen-bond donors (Lipinski definition) is 1. The minimum Gasteiger partial charge on any atom is -0.365 e.